The first kappa shape index (κ1) is 16.8. The maximum absolute atomic E-state index is 13.3. The first-order chi connectivity index (χ1) is 12.1. The first-order valence-corrected chi connectivity index (χ1v) is 7.54. The monoisotopic (exact) mass is 363 g/mol. The molecule has 8 nitrogen and oxygen atoms in total. The van der Waals surface area contributed by atoms with E-state index < -0.39 is 0 Å². The van der Waals surface area contributed by atoms with Gasteiger partial charge in [0, 0.05) is 5.56 Å². The van der Waals surface area contributed by atoms with Crippen molar-refractivity contribution in [3.63, 3.8) is 0 Å². The van der Waals surface area contributed by atoms with Crippen LogP contribution in [0.1, 0.15) is 0 Å². The molecular weight excluding hydrogens is 349 g/mol. The van der Waals surface area contributed by atoms with E-state index in [2.05, 4.69) is 20.4 Å². The van der Waals surface area contributed by atoms with Gasteiger partial charge in [0.1, 0.15) is 12.5 Å². The highest BCUT2D eigenvalue weighted by Crippen LogP contribution is 2.20. The molecule has 0 fully saturated rings. The molecular formula is C15H14FN5O3S. The van der Waals surface area contributed by atoms with Crippen LogP contribution >= 0.6 is 12.2 Å². The zero-order chi connectivity index (χ0) is 17.8. The normalized spacial score (nSPS) is 10.5. The minimum atomic E-state index is -0.386. The Morgan fingerprint density at radius 1 is 1.20 bits per heavy atom. The average molecular weight is 363 g/mol. The van der Waals surface area contributed by atoms with Crippen molar-refractivity contribution in [1.29, 1.82) is 0 Å². The zero-order valence-corrected chi connectivity index (χ0v) is 14.2. The summed E-state index contributed by atoms with van der Waals surface area (Å²) in [5.74, 6) is 0.795. The van der Waals surface area contributed by atoms with E-state index in [1.54, 1.807) is 18.2 Å². The van der Waals surface area contributed by atoms with Gasteiger partial charge >= 0.3 is 0 Å². The number of nitrogens with zero attached hydrogens (tertiary/aromatic N) is 4. The van der Waals surface area contributed by atoms with Gasteiger partial charge in [-0.3, -0.25) is 0 Å². The fourth-order valence-corrected chi connectivity index (χ4v) is 2.17. The van der Waals surface area contributed by atoms with E-state index in [4.69, 9.17) is 26.1 Å². The van der Waals surface area contributed by atoms with Crippen molar-refractivity contribution < 1.29 is 18.3 Å². The lowest BCUT2D eigenvalue weighted by Crippen LogP contribution is -2.12. The zero-order valence-electron chi connectivity index (χ0n) is 13.4. The largest absolute Gasteiger partial charge is 0.481 e. The first-order valence-electron chi connectivity index (χ1n) is 7.14. The van der Waals surface area contributed by atoms with Crippen LogP contribution in [0.3, 0.4) is 0 Å². The van der Waals surface area contributed by atoms with Crippen molar-refractivity contribution in [3.05, 3.63) is 41.0 Å². The fourth-order valence-electron chi connectivity index (χ4n) is 1.98. The van der Waals surface area contributed by atoms with Crippen LogP contribution in [0.25, 0.3) is 11.5 Å². The van der Waals surface area contributed by atoms with E-state index in [9.17, 15) is 4.39 Å². The molecule has 0 amide bonds. The highest BCUT2D eigenvalue weighted by atomic mass is 32.1. The highest BCUT2D eigenvalue weighted by molar-refractivity contribution is 7.71. The molecule has 25 heavy (non-hydrogen) atoms. The SMILES string of the molecule is COc1cc(OC)nc(NCn2nc(-c3cccc(F)c3)oc2=S)n1. The topological polar surface area (TPSA) is 87.2 Å². The Kier molecular flexibility index (Phi) is 4.89. The molecule has 0 saturated heterocycles. The Morgan fingerprint density at radius 2 is 1.92 bits per heavy atom. The molecule has 10 heteroatoms. The molecule has 0 aliphatic carbocycles. The number of anilines is 1. The molecule has 2 heterocycles. The lowest BCUT2D eigenvalue weighted by atomic mass is 10.2. The van der Waals surface area contributed by atoms with Crippen LogP contribution in [0.4, 0.5) is 10.3 Å². The molecule has 0 unspecified atom stereocenters. The van der Waals surface area contributed by atoms with Crippen LogP contribution < -0.4 is 14.8 Å². The van der Waals surface area contributed by atoms with Gasteiger partial charge in [-0.25, -0.2) is 9.07 Å². The summed E-state index contributed by atoms with van der Waals surface area (Å²) in [7, 11) is 2.98. The number of benzene rings is 1. The summed E-state index contributed by atoms with van der Waals surface area (Å²) in [4.78, 5) is 8.41. The number of hydrogen-bond acceptors (Lipinski definition) is 8. The quantitative estimate of drug-likeness (QED) is 0.669. The summed E-state index contributed by atoms with van der Waals surface area (Å²) in [6, 6.07) is 7.45. The second kappa shape index (κ2) is 7.26. The third-order valence-electron chi connectivity index (χ3n) is 3.16. The molecule has 3 aromatic rings. The van der Waals surface area contributed by atoms with Crippen molar-refractivity contribution in [2.75, 3.05) is 19.5 Å². The Morgan fingerprint density at radius 3 is 2.56 bits per heavy atom. The van der Waals surface area contributed by atoms with E-state index in [-0.39, 0.29) is 29.2 Å². The van der Waals surface area contributed by atoms with E-state index >= 15 is 0 Å². The number of hydrogen-bond donors (Lipinski definition) is 1. The van der Waals surface area contributed by atoms with Gasteiger partial charge in [0.15, 0.2) is 0 Å². The molecule has 130 valence electrons. The summed E-state index contributed by atoms with van der Waals surface area (Å²) < 4.78 is 30.3. The predicted molar refractivity (Wildman–Crippen MR) is 89.5 cm³/mol. The molecule has 0 spiro atoms. The van der Waals surface area contributed by atoms with Crippen LogP contribution in [-0.2, 0) is 6.67 Å². The Bertz CT molecular complexity index is 921. The number of ether oxygens (including phenoxy) is 2. The van der Waals surface area contributed by atoms with E-state index in [1.807, 2.05) is 0 Å². The Balaban J connectivity index is 1.79. The number of nitrogens with one attached hydrogen (secondary N) is 1. The number of rotatable bonds is 6. The summed E-state index contributed by atoms with van der Waals surface area (Å²) in [5.41, 5.74) is 0.490. The van der Waals surface area contributed by atoms with Crippen molar-refractivity contribution in [3.8, 4) is 23.2 Å². The minimum absolute atomic E-state index is 0.127. The Hall–Kier alpha value is -3.01. The lowest BCUT2D eigenvalue weighted by Gasteiger charge is -2.07. The van der Waals surface area contributed by atoms with Gasteiger partial charge in [-0.1, -0.05) is 6.07 Å². The smallest absolute Gasteiger partial charge is 0.289 e. The highest BCUT2D eigenvalue weighted by Gasteiger charge is 2.10. The molecule has 0 bridgehead atoms. The van der Waals surface area contributed by atoms with Crippen molar-refractivity contribution in [1.82, 2.24) is 19.7 Å². The molecule has 0 aliphatic heterocycles. The molecule has 0 aliphatic rings. The second-order valence-corrected chi connectivity index (χ2v) is 5.14. The Labute approximate surface area is 147 Å². The predicted octanol–water partition coefficient (Wildman–Crippen LogP) is 2.89. The van der Waals surface area contributed by atoms with Crippen LogP contribution in [0, 0.1) is 10.7 Å². The fraction of sp³-hybridized carbons (Fsp3) is 0.200. The van der Waals surface area contributed by atoms with Gasteiger partial charge in [-0.05, 0) is 30.4 Å². The standard InChI is InChI=1S/C15H14FN5O3S/c1-22-11-7-12(23-2)19-14(18-11)17-8-21-15(25)24-13(20-21)9-4-3-5-10(16)6-9/h3-7H,8H2,1-2H3,(H,17,18,19). The van der Waals surface area contributed by atoms with Gasteiger partial charge in [-0.2, -0.15) is 9.97 Å². The van der Waals surface area contributed by atoms with Crippen LogP contribution in [0.2, 0.25) is 0 Å². The molecule has 0 radical (unpaired) electrons. The third kappa shape index (κ3) is 3.91. The lowest BCUT2D eigenvalue weighted by molar-refractivity contribution is 0.372. The summed E-state index contributed by atoms with van der Waals surface area (Å²) in [6.45, 7) is 0.147. The molecule has 1 aromatic carbocycles. The maximum Gasteiger partial charge on any atom is 0.289 e. The number of methoxy groups -OCH3 is 2. The number of aromatic nitrogens is 4. The summed E-state index contributed by atoms with van der Waals surface area (Å²) in [6.07, 6.45) is 0. The van der Waals surface area contributed by atoms with Gasteiger partial charge in [-0.15, -0.1) is 5.10 Å². The van der Waals surface area contributed by atoms with Gasteiger partial charge in [0.2, 0.25) is 23.6 Å². The molecule has 1 N–H and O–H groups in total. The van der Waals surface area contributed by atoms with E-state index in [0.29, 0.717) is 17.3 Å². The molecule has 2 aromatic heterocycles. The van der Waals surface area contributed by atoms with Gasteiger partial charge < -0.3 is 19.2 Å². The minimum Gasteiger partial charge on any atom is -0.481 e. The third-order valence-corrected chi connectivity index (χ3v) is 3.46. The van der Waals surface area contributed by atoms with Crippen molar-refractivity contribution in [2.45, 2.75) is 6.67 Å². The average Bonchev–Trinajstić information content (AvgIpc) is 3.00. The summed E-state index contributed by atoms with van der Waals surface area (Å²) >= 11 is 5.13. The summed E-state index contributed by atoms with van der Waals surface area (Å²) in [5, 5.41) is 7.16. The van der Waals surface area contributed by atoms with E-state index in [0.717, 1.165) is 0 Å². The molecule has 0 atom stereocenters. The maximum atomic E-state index is 13.3. The van der Waals surface area contributed by atoms with Crippen molar-refractivity contribution in [2.24, 2.45) is 0 Å². The van der Waals surface area contributed by atoms with Gasteiger partial charge in [0.25, 0.3) is 4.84 Å². The number of halogens is 1. The second-order valence-electron chi connectivity index (χ2n) is 4.79. The van der Waals surface area contributed by atoms with Gasteiger partial charge in [0.05, 0.1) is 20.3 Å². The van der Waals surface area contributed by atoms with Crippen LogP contribution in [0.15, 0.2) is 34.7 Å². The van der Waals surface area contributed by atoms with Crippen molar-refractivity contribution >= 4 is 18.2 Å². The molecule has 3 rings (SSSR count). The van der Waals surface area contributed by atoms with E-state index in [1.165, 1.54) is 31.0 Å². The van der Waals surface area contributed by atoms with Crippen LogP contribution in [0.5, 0.6) is 11.8 Å². The van der Waals surface area contributed by atoms with Crippen LogP contribution in [-0.4, -0.2) is 34.0 Å². The molecule has 0 saturated carbocycles.